The third-order valence-corrected chi connectivity index (χ3v) is 3.04. The van der Waals surface area contributed by atoms with Gasteiger partial charge >= 0.3 is 0 Å². The van der Waals surface area contributed by atoms with Gasteiger partial charge in [0, 0.05) is 16.8 Å². The third kappa shape index (κ3) is 1.12. The van der Waals surface area contributed by atoms with Crippen LogP contribution < -0.4 is 5.73 Å². The minimum atomic E-state index is -0.283. The lowest BCUT2D eigenvalue weighted by Crippen LogP contribution is -1.99. The van der Waals surface area contributed by atoms with Gasteiger partial charge in [-0.1, -0.05) is 12.1 Å². The number of aryl methyl sites for hydroxylation is 1. The summed E-state index contributed by atoms with van der Waals surface area (Å²) in [6.45, 7) is 0. The first-order chi connectivity index (χ1) is 7.27. The molecule has 2 aromatic rings. The number of rotatable bonds is 0. The predicted octanol–water partition coefficient (Wildman–Crippen LogP) is 2.44. The zero-order valence-electron chi connectivity index (χ0n) is 8.26. The van der Waals surface area contributed by atoms with Crippen molar-refractivity contribution in [2.75, 3.05) is 5.73 Å². The maximum absolute atomic E-state index is 13.5. The molecule has 0 fully saturated rings. The van der Waals surface area contributed by atoms with E-state index in [4.69, 9.17) is 5.73 Å². The van der Waals surface area contributed by atoms with E-state index < -0.39 is 0 Å². The molecule has 15 heavy (non-hydrogen) atoms. The second-order valence-electron chi connectivity index (χ2n) is 3.94. The van der Waals surface area contributed by atoms with Crippen molar-refractivity contribution in [2.45, 2.75) is 19.3 Å². The van der Waals surface area contributed by atoms with Crippen molar-refractivity contribution in [3.8, 4) is 0 Å². The highest BCUT2D eigenvalue weighted by molar-refractivity contribution is 5.92. The summed E-state index contributed by atoms with van der Waals surface area (Å²) >= 11 is 0. The normalized spacial score (nSPS) is 14.5. The Morgan fingerprint density at radius 2 is 2.13 bits per heavy atom. The van der Waals surface area contributed by atoms with Gasteiger partial charge in [0.1, 0.15) is 11.3 Å². The Balaban J connectivity index is 2.46. The van der Waals surface area contributed by atoms with Crippen molar-refractivity contribution in [1.82, 2.24) is 4.98 Å². The van der Waals surface area contributed by atoms with Gasteiger partial charge in [-0.15, -0.1) is 0 Å². The van der Waals surface area contributed by atoms with Crippen LogP contribution in [-0.4, -0.2) is 4.98 Å². The molecular formula is C12H11FN2. The van der Waals surface area contributed by atoms with Gasteiger partial charge in [0.15, 0.2) is 0 Å². The van der Waals surface area contributed by atoms with Crippen molar-refractivity contribution >= 4 is 16.6 Å². The molecule has 1 aromatic heterocycles. The van der Waals surface area contributed by atoms with Gasteiger partial charge in [0.25, 0.3) is 0 Å². The predicted molar refractivity (Wildman–Crippen MR) is 58.1 cm³/mol. The van der Waals surface area contributed by atoms with Crippen molar-refractivity contribution < 1.29 is 4.39 Å². The number of halogens is 1. The lowest BCUT2D eigenvalue weighted by Gasteiger charge is -2.08. The van der Waals surface area contributed by atoms with E-state index in [1.165, 1.54) is 6.07 Å². The quantitative estimate of drug-likeness (QED) is 0.712. The second kappa shape index (κ2) is 2.92. The number of pyridine rings is 1. The van der Waals surface area contributed by atoms with E-state index in [2.05, 4.69) is 4.98 Å². The van der Waals surface area contributed by atoms with Crippen LogP contribution in [0.4, 0.5) is 10.1 Å². The Morgan fingerprint density at radius 1 is 1.27 bits per heavy atom. The zero-order valence-corrected chi connectivity index (χ0v) is 8.26. The van der Waals surface area contributed by atoms with Crippen LogP contribution in [0, 0.1) is 5.82 Å². The third-order valence-electron chi connectivity index (χ3n) is 3.04. The number of hydrogen-bond donors (Lipinski definition) is 1. The summed E-state index contributed by atoms with van der Waals surface area (Å²) in [4.78, 5) is 4.36. The maximum Gasteiger partial charge on any atom is 0.149 e. The minimum absolute atomic E-state index is 0.283. The molecule has 0 amide bonds. The highest BCUT2D eigenvalue weighted by atomic mass is 19.1. The van der Waals surface area contributed by atoms with E-state index in [0.717, 1.165) is 35.9 Å². The van der Waals surface area contributed by atoms with Crippen LogP contribution in [0.25, 0.3) is 10.9 Å². The molecule has 0 spiro atoms. The first-order valence-corrected chi connectivity index (χ1v) is 5.13. The van der Waals surface area contributed by atoms with Crippen LogP contribution in [0.3, 0.4) is 0 Å². The van der Waals surface area contributed by atoms with Gasteiger partial charge in [0.2, 0.25) is 0 Å². The van der Waals surface area contributed by atoms with E-state index >= 15 is 0 Å². The first-order valence-electron chi connectivity index (χ1n) is 5.13. The van der Waals surface area contributed by atoms with E-state index in [9.17, 15) is 4.39 Å². The Hall–Kier alpha value is -1.64. The summed E-state index contributed by atoms with van der Waals surface area (Å²) < 4.78 is 13.5. The number of para-hydroxylation sites is 1. The van der Waals surface area contributed by atoms with E-state index in [1.807, 2.05) is 6.07 Å². The molecule has 1 aliphatic carbocycles. The van der Waals surface area contributed by atoms with Gasteiger partial charge in [-0.25, -0.2) is 9.37 Å². The maximum atomic E-state index is 13.5. The fourth-order valence-electron chi connectivity index (χ4n) is 2.29. The Kier molecular flexibility index (Phi) is 1.69. The molecule has 2 N–H and O–H groups in total. The molecule has 3 heteroatoms. The summed E-state index contributed by atoms with van der Waals surface area (Å²) in [5, 5.41) is 0.746. The number of nitrogen functional groups attached to an aromatic ring is 1. The van der Waals surface area contributed by atoms with E-state index in [0.29, 0.717) is 11.2 Å². The molecule has 0 saturated heterocycles. The van der Waals surface area contributed by atoms with Crippen molar-refractivity contribution in [2.24, 2.45) is 0 Å². The van der Waals surface area contributed by atoms with Crippen LogP contribution in [0.1, 0.15) is 17.7 Å². The number of hydrogen-bond acceptors (Lipinski definition) is 2. The Bertz CT molecular complexity index is 549. The molecule has 0 saturated carbocycles. The Morgan fingerprint density at radius 3 is 3.00 bits per heavy atom. The number of nitrogens with two attached hydrogens (primary N) is 1. The van der Waals surface area contributed by atoms with Crippen molar-refractivity contribution in [1.29, 1.82) is 0 Å². The summed E-state index contributed by atoms with van der Waals surface area (Å²) in [6.07, 6.45) is 2.97. The van der Waals surface area contributed by atoms with E-state index in [-0.39, 0.29) is 5.82 Å². The van der Waals surface area contributed by atoms with Gasteiger partial charge in [-0.2, -0.15) is 0 Å². The molecule has 0 radical (unpaired) electrons. The smallest absolute Gasteiger partial charge is 0.149 e. The van der Waals surface area contributed by atoms with Gasteiger partial charge < -0.3 is 5.73 Å². The highest BCUT2D eigenvalue weighted by Crippen LogP contribution is 2.32. The Labute approximate surface area is 86.9 Å². The lowest BCUT2D eigenvalue weighted by atomic mass is 10.1. The van der Waals surface area contributed by atoms with Crippen LogP contribution in [0.15, 0.2) is 18.2 Å². The summed E-state index contributed by atoms with van der Waals surface area (Å²) in [7, 11) is 0. The number of aromatic nitrogens is 1. The summed E-state index contributed by atoms with van der Waals surface area (Å²) in [5.41, 5.74) is 9.26. The molecular weight excluding hydrogens is 191 g/mol. The van der Waals surface area contributed by atoms with Crippen LogP contribution >= 0.6 is 0 Å². The first kappa shape index (κ1) is 8.65. The fourth-order valence-corrected chi connectivity index (χ4v) is 2.29. The molecule has 0 atom stereocenters. The number of nitrogens with zero attached hydrogens (tertiary/aromatic N) is 1. The fraction of sp³-hybridized carbons (Fsp3) is 0.250. The molecule has 1 heterocycles. The monoisotopic (exact) mass is 202 g/mol. The van der Waals surface area contributed by atoms with Crippen LogP contribution in [0.5, 0.6) is 0 Å². The standard InChI is InChI=1S/C12H11FN2/c13-9-5-1-4-8-11(14)7-3-2-6-10(7)15-12(8)9/h1,4-5H,2-3,6H2,(H2,14,15). The lowest BCUT2D eigenvalue weighted by molar-refractivity contribution is 0.636. The molecule has 0 aliphatic heterocycles. The average molecular weight is 202 g/mol. The van der Waals surface area contributed by atoms with Crippen LogP contribution in [0.2, 0.25) is 0 Å². The van der Waals surface area contributed by atoms with Crippen molar-refractivity contribution in [3.63, 3.8) is 0 Å². The topological polar surface area (TPSA) is 38.9 Å². The molecule has 0 unspecified atom stereocenters. The molecule has 76 valence electrons. The van der Waals surface area contributed by atoms with Gasteiger partial charge in [-0.3, -0.25) is 0 Å². The molecule has 0 bridgehead atoms. The van der Waals surface area contributed by atoms with Crippen molar-refractivity contribution in [3.05, 3.63) is 35.3 Å². The van der Waals surface area contributed by atoms with Crippen LogP contribution in [-0.2, 0) is 12.8 Å². The second-order valence-corrected chi connectivity index (χ2v) is 3.94. The summed E-state index contributed by atoms with van der Waals surface area (Å²) in [5.74, 6) is -0.283. The molecule has 3 rings (SSSR count). The zero-order chi connectivity index (χ0) is 10.4. The average Bonchev–Trinajstić information content (AvgIpc) is 2.68. The minimum Gasteiger partial charge on any atom is -0.398 e. The number of benzene rings is 1. The van der Waals surface area contributed by atoms with E-state index in [1.54, 1.807) is 6.07 Å². The highest BCUT2D eigenvalue weighted by Gasteiger charge is 2.18. The number of anilines is 1. The largest absolute Gasteiger partial charge is 0.398 e. The summed E-state index contributed by atoms with van der Waals surface area (Å²) in [6, 6.07) is 4.94. The molecule has 1 aromatic carbocycles. The molecule has 2 nitrogen and oxygen atoms in total. The number of fused-ring (bicyclic) bond motifs is 2. The molecule has 1 aliphatic rings. The van der Waals surface area contributed by atoms with Gasteiger partial charge in [0.05, 0.1) is 0 Å². The SMILES string of the molecule is Nc1c2c(nc3c(F)cccc13)CCC2. The van der Waals surface area contributed by atoms with Gasteiger partial charge in [-0.05, 0) is 30.9 Å².